The third-order valence-electron chi connectivity index (χ3n) is 14.9. The quantitative estimate of drug-likeness (QED) is 0.105. The van der Waals surface area contributed by atoms with Gasteiger partial charge in [-0.15, -0.1) is 0 Å². The molecule has 5 heterocycles. The number of hydrogen-bond donors (Lipinski definition) is 1. The van der Waals surface area contributed by atoms with Gasteiger partial charge in [0.05, 0.1) is 21.5 Å². The first kappa shape index (κ1) is 49.1. The van der Waals surface area contributed by atoms with E-state index in [0.717, 1.165) is 85.5 Å². The molecule has 390 valence electrons. The molecule has 15 rings (SSSR count). The highest BCUT2D eigenvalue weighted by molar-refractivity contribution is 6.16. The zero-order valence-electron chi connectivity index (χ0n) is 44.1. The molecular weight excluding hydrogens is 1010 g/mol. The van der Waals surface area contributed by atoms with Crippen LogP contribution in [0.25, 0.3) is 118 Å². The number of aromatic amines is 1. The Kier molecular flexibility index (Phi) is 12.7. The zero-order chi connectivity index (χ0) is 54.9. The summed E-state index contributed by atoms with van der Waals surface area (Å²) in [6, 6.07) is 84.6. The van der Waals surface area contributed by atoms with E-state index in [-0.39, 0.29) is 10.6 Å². The Morgan fingerprint density at radius 1 is 0.415 bits per heavy atom. The van der Waals surface area contributed by atoms with Crippen LogP contribution in [-0.4, -0.2) is 50.9 Å². The molecule has 1 aliphatic rings. The number of anilines is 2. The number of aromatic nitrogens is 8. The second kappa shape index (κ2) is 21.2. The molecule has 0 aliphatic carbocycles. The largest absolute Gasteiger partial charge is 0.353 e. The van der Waals surface area contributed by atoms with Gasteiger partial charge in [0.25, 0.3) is 5.69 Å². The number of nitrogens with one attached hydrogen (secondary N) is 1. The molecule has 0 unspecified atom stereocenters. The predicted molar refractivity (Wildman–Crippen MR) is 328 cm³/mol. The molecule has 0 radical (unpaired) electrons. The van der Waals surface area contributed by atoms with Crippen LogP contribution in [0.3, 0.4) is 0 Å². The summed E-state index contributed by atoms with van der Waals surface area (Å²) in [5, 5.41) is 15.3. The molecule has 14 aromatic rings. The van der Waals surface area contributed by atoms with Crippen molar-refractivity contribution >= 4 is 49.8 Å². The van der Waals surface area contributed by atoms with Gasteiger partial charge in [-0.05, 0) is 66.1 Å². The first-order valence-corrected chi connectivity index (χ1v) is 27.1. The summed E-state index contributed by atoms with van der Waals surface area (Å²) < 4.78 is 2.24. The monoisotopic (exact) mass is 1060 g/mol. The summed E-state index contributed by atoms with van der Waals surface area (Å²) >= 11 is 0. The van der Waals surface area contributed by atoms with Crippen molar-refractivity contribution in [3.63, 3.8) is 0 Å². The van der Waals surface area contributed by atoms with E-state index in [1.807, 2.05) is 146 Å². The molecule has 1 aliphatic heterocycles. The van der Waals surface area contributed by atoms with E-state index >= 15 is 0 Å². The average Bonchev–Trinajstić information content (AvgIpc) is 4.35. The van der Waals surface area contributed by atoms with Gasteiger partial charge in [0.1, 0.15) is 0 Å². The lowest BCUT2D eigenvalue weighted by Gasteiger charge is -2.21. The van der Waals surface area contributed by atoms with Crippen LogP contribution < -0.4 is 4.90 Å². The van der Waals surface area contributed by atoms with Crippen molar-refractivity contribution in [1.82, 2.24) is 39.5 Å². The maximum Gasteiger partial charge on any atom is 0.277 e. The topological polar surface area (TPSA) is 144 Å². The summed E-state index contributed by atoms with van der Waals surface area (Å²) in [4.78, 5) is 46.6. The highest BCUT2D eigenvalue weighted by atomic mass is 16.6. The molecule has 82 heavy (non-hydrogen) atoms. The number of H-pyrrole nitrogens is 1. The zero-order valence-corrected chi connectivity index (χ0v) is 44.1. The van der Waals surface area contributed by atoms with Crippen molar-refractivity contribution in [2.75, 3.05) is 11.4 Å². The standard InChI is InChI=1S/C35H25N5O2.C35H23N5/c41-40(42)31-17-8-7-16-30(31)27-19-18-24-20-21-39(32(24)23-27)29-15-9-14-28(22-29)35-37-33(25-10-3-1-4-11-25)36-34(38-35)26-12-5-2-6-13-26;1-3-10-24(11-4-1)33-37-34(25-12-5-2-6-13-25)39-35(38-33)26-14-9-15-27(22-26)40-21-20-23-18-19-29-28-16-7-8-17-30(28)36-31(29)32(23)40/h1-19,22-23H,20-21H2;1-22,36H. The molecule has 12 heteroatoms. The molecule has 4 aromatic heterocycles. The Bertz CT molecular complexity index is 4570. The van der Waals surface area contributed by atoms with Crippen molar-refractivity contribution < 1.29 is 4.92 Å². The highest BCUT2D eigenvalue weighted by Crippen LogP contribution is 2.41. The van der Waals surface area contributed by atoms with Crippen LogP contribution in [0.4, 0.5) is 17.1 Å². The third kappa shape index (κ3) is 9.45. The highest BCUT2D eigenvalue weighted by Gasteiger charge is 2.24. The minimum atomic E-state index is -0.327. The number of hydrogen-bond acceptors (Lipinski definition) is 9. The van der Waals surface area contributed by atoms with E-state index in [1.165, 1.54) is 21.7 Å². The first-order valence-electron chi connectivity index (χ1n) is 27.1. The summed E-state index contributed by atoms with van der Waals surface area (Å²) in [5.74, 6) is 3.78. The van der Waals surface area contributed by atoms with E-state index in [1.54, 1.807) is 18.2 Å². The molecule has 0 spiro atoms. The van der Waals surface area contributed by atoms with Crippen molar-refractivity contribution in [2.45, 2.75) is 6.42 Å². The Morgan fingerprint density at radius 2 is 0.902 bits per heavy atom. The molecule has 0 amide bonds. The van der Waals surface area contributed by atoms with Crippen LogP contribution >= 0.6 is 0 Å². The SMILES string of the molecule is O=[N+]([O-])c1ccccc1-c1ccc2c(c1)N(c1cccc(-c3nc(-c4ccccc4)nc(-c4ccccc4)n3)c1)CC2.c1ccc(-c2nc(-c3ccccc3)nc(-c3cccc(-n4ccc5ccc6c7ccccc7[nH]c6c54)c3)n2)cc1. The van der Waals surface area contributed by atoms with Gasteiger partial charge in [-0.25, -0.2) is 29.9 Å². The van der Waals surface area contributed by atoms with E-state index in [9.17, 15) is 10.1 Å². The second-order valence-corrected chi connectivity index (χ2v) is 20.0. The van der Waals surface area contributed by atoms with Crippen LogP contribution in [0.1, 0.15) is 5.56 Å². The van der Waals surface area contributed by atoms with Gasteiger partial charge in [0, 0.05) is 90.9 Å². The van der Waals surface area contributed by atoms with Crippen molar-refractivity contribution in [3.05, 3.63) is 277 Å². The second-order valence-electron chi connectivity index (χ2n) is 20.0. The first-order chi connectivity index (χ1) is 40.5. The number of nitro benzene ring substituents is 1. The van der Waals surface area contributed by atoms with Crippen LogP contribution in [0, 0.1) is 10.1 Å². The minimum Gasteiger partial charge on any atom is -0.353 e. The maximum atomic E-state index is 11.7. The van der Waals surface area contributed by atoms with Gasteiger partial charge in [0.2, 0.25) is 0 Å². The van der Waals surface area contributed by atoms with Crippen molar-refractivity contribution in [2.24, 2.45) is 0 Å². The van der Waals surface area contributed by atoms with Gasteiger partial charge < -0.3 is 14.5 Å². The van der Waals surface area contributed by atoms with Crippen LogP contribution in [0.2, 0.25) is 0 Å². The number of fused-ring (bicyclic) bond motifs is 6. The molecule has 10 aromatic carbocycles. The fourth-order valence-electron chi connectivity index (χ4n) is 10.9. The van der Waals surface area contributed by atoms with Crippen LogP contribution in [-0.2, 0) is 6.42 Å². The number of benzene rings is 10. The Balaban J connectivity index is 0.000000147. The van der Waals surface area contributed by atoms with E-state index in [0.29, 0.717) is 40.5 Å². The lowest BCUT2D eigenvalue weighted by atomic mass is 10.0. The predicted octanol–water partition coefficient (Wildman–Crippen LogP) is 16.6. The van der Waals surface area contributed by atoms with E-state index < -0.39 is 0 Å². The Hall–Kier alpha value is -11.2. The molecule has 0 atom stereocenters. The normalized spacial score (nSPS) is 11.9. The molecule has 12 nitrogen and oxygen atoms in total. The van der Waals surface area contributed by atoms with E-state index in [2.05, 4.69) is 112 Å². The fourth-order valence-corrected chi connectivity index (χ4v) is 10.9. The molecule has 0 fully saturated rings. The summed E-state index contributed by atoms with van der Waals surface area (Å²) in [6.07, 6.45) is 3.02. The number of nitro groups is 1. The molecule has 0 saturated heterocycles. The average molecular weight is 1060 g/mol. The van der Waals surface area contributed by atoms with E-state index in [4.69, 9.17) is 29.9 Å². The smallest absolute Gasteiger partial charge is 0.277 e. The van der Waals surface area contributed by atoms with Crippen LogP contribution in [0.5, 0.6) is 0 Å². The molecule has 1 N–H and O–H groups in total. The Labute approximate surface area is 471 Å². The third-order valence-corrected chi connectivity index (χ3v) is 14.9. The van der Waals surface area contributed by atoms with Gasteiger partial charge in [-0.2, -0.15) is 0 Å². The number of nitrogens with zero attached hydrogens (tertiary/aromatic N) is 9. The molecule has 0 bridgehead atoms. The fraction of sp³-hybridized carbons (Fsp3) is 0.0286. The maximum absolute atomic E-state index is 11.7. The van der Waals surface area contributed by atoms with Gasteiger partial charge >= 0.3 is 0 Å². The number of rotatable bonds is 10. The molecular formula is C70H48N10O2. The molecule has 0 saturated carbocycles. The Morgan fingerprint density at radius 3 is 1.48 bits per heavy atom. The lowest BCUT2D eigenvalue weighted by molar-refractivity contribution is -0.384. The summed E-state index contributed by atoms with van der Waals surface area (Å²) in [7, 11) is 0. The van der Waals surface area contributed by atoms with Gasteiger partial charge in [-0.1, -0.05) is 200 Å². The minimum absolute atomic E-state index is 0.0993. The van der Waals surface area contributed by atoms with Gasteiger partial charge in [0.15, 0.2) is 34.9 Å². The van der Waals surface area contributed by atoms with Crippen molar-refractivity contribution in [1.29, 1.82) is 0 Å². The number of para-hydroxylation sites is 2. The van der Waals surface area contributed by atoms with Gasteiger partial charge in [-0.3, -0.25) is 10.1 Å². The van der Waals surface area contributed by atoms with Crippen molar-refractivity contribution in [3.8, 4) is 85.1 Å². The van der Waals surface area contributed by atoms with Crippen LogP contribution in [0.15, 0.2) is 261 Å². The lowest BCUT2D eigenvalue weighted by Crippen LogP contribution is -2.13. The summed E-state index contributed by atoms with van der Waals surface area (Å²) in [6.45, 7) is 0.806. The summed E-state index contributed by atoms with van der Waals surface area (Å²) in [5.41, 5.74) is 14.8.